The van der Waals surface area contributed by atoms with Crippen LogP contribution in [0.25, 0.3) is 0 Å². The highest BCUT2D eigenvalue weighted by molar-refractivity contribution is 7.79. The molecule has 0 saturated carbocycles. The number of rotatable bonds is 4. The zero-order chi connectivity index (χ0) is 8.85. The van der Waals surface area contributed by atoms with E-state index in [0.717, 1.165) is 0 Å². The molecule has 0 aromatic rings. The quantitative estimate of drug-likeness (QED) is 0.515. The molecule has 0 aromatic carbocycles. The molecule has 4 nitrogen and oxygen atoms in total. The standard InChI is InChI=1S/C6H12O4S/c1-3-4-6(11(8)9)10-5(2)7/h6H,3-4H2,1-2H3,(H,8,9). The maximum Gasteiger partial charge on any atom is 0.303 e. The second-order valence-electron chi connectivity index (χ2n) is 2.10. The van der Waals surface area contributed by atoms with E-state index in [2.05, 4.69) is 4.74 Å². The summed E-state index contributed by atoms with van der Waals surface area (Å²) >= 11 is -2.07. The molecule has 11 heavy (non-hydrogen) atoms. The van der Waals surface area contributed by atoms with Crippen LogP contribution in [0.1, 0.15) is 26.7 Å². The molecule has 66 valence electrons. The van der Waals surface area contributed by atoms with Gasteiger partial charge < -0.3 is 9.29 Å². The Morgan fingerprint density at radius 2 is 2.27 bits per heavy atom. The first kappa shape index (κ1) is 10.6. The predicted octanol–water partition coefficient (Wildman–Crippen LogP) is 0.897. The third kappa shape index (κ3) is 4.92. The smallest absolute Gasteiger partial charge is 0.303 e. The Bertz CT molecular complexity index is 157. The predicted molar refractivity (Wildman–Crippen MR) is 41.2 cm³/mol. The van der Waals surface area contributed by atoms with Gasteiger partial charge in [0.25, 0.3) is 0 Å². The molecule has 1 N–H and O–H groups in total. The molecule has 0 saturated heterocycles. The van der Waals surface area contributed by atoms with E-state index in [0.29, 0.717) is 12.8 Å². The van der Waals surface area contributed by atoms with Gasteiger partial charge in [-0.05, 0) is 6.42 Å². The largest absolute Gasteiger partial charge is 0.446 e. The molecule has 0 spiro atoms. The molecule has 0 aliphatic heterocycles. The highest BCUT2D eigenvalue weighted by atomic mass is 32.2. The molecule has 0 bridgehead atoms. The van der Waals surface area contributed by atoms with Crippen LogP contribution in [0.2, 0.25) is 0 Å². The van der Waals surface area contributed by atoms with E-state index < -0.39 is 22.5 Å². The Morgan fingerprint density at radius 3 is 2.55 bits per heavy atom. The monoisotopic (exact) mass is 180 g/mol. The molecule has 2 atom stereocenters. The van der Waals surface area contributed by atoms with E-state index >= 15 is 0 Å². The van der Waals surface area contributed by atoms with Crippen LogP contribution < -0.4 is 0 Å². The summed E-state index contributed by atoms with van der Waals surface area (Å²) in [6, 6.07) is 0. The van der Waals surface area contributed by atoms with Gasteiger partial charge in [0, 0.05) is 6.92 Å². The van der Waals surface area contributed by atoms with Gasteiger partial charge in [-0.1, -0.05) is 13.3 Å². The van der Waals surface area contributed by atoms with Crippen LogP contribution >= 0.6 is 0 Å². The van der Waals surface area contributed by atoms with Crippen molar-refractivity contribution in [1.29, 1.82) is 0 Å². The van der Waals surface area contributed by atoms with Crippen LogP contribution in [0.4, 0.5) is 0 Å². The fraction of sp³-hybridized carbons (Fsp3) is 0.833. The van der Waals surface area contributed by atoms with Crippen LogP contribution in [0, 0.1) is 0 Å². The molecule has 0 aliphatic rings. The normalized spacial score (nSPS) is 15.5. The molecule has 0 fully saturated rings. The van der Waals surface area contributed by atoms with E-state index in [1.165, 1.54) is 6.92 Å². The van der Waals surface area contributed by atoms with Gasteiger partial charge in [-0.2, -0.15) is 0 Å². The lowest BCUT2D eigenvalue weighted by molar-refractivity contribution is -0.143. The van der Waals surface area contributed by atoms with E-state index in [9.17, 15) is 9.00 Å². The van der Waals surface area contributed by atoms with Gasteiger partial charge in [-0.15, -0.1) is 0 Å². The van der Waals surface area contributed by atoms with E-state index in [1.54, 1.807) is 0 Å². The van der Waals surface area contributed by atoms with Gasteiger partial charge in [0.05, 0.1) is 0 Å². The zero-order valence-electron chi connectivity index (χ0n) is 6.57. The zero-order valence-corrected chi connectivity index (χ0v) is 7.39. The molecule has 0 rings (SSSR count). The molecular formula is C6H12O4S. The molecular weight excluding hydrogens is 168 g/mol. The summed E-state index contributed by atoms with van der Waals surface area (Å²) in [5, 5.41) is 0. The Morgan fingerprint density at radius 1 is 1.73 bits per heavy atom. The first-order chi connectivity index (χ1) is 5.07. The van der Waals surface area contributed by atoms with Gasteiger partial charge >= 0.3 is 5.97 Å². The molecule has 2 unspecified atom stereocenters. The van der Waals surface area contributed by atoms with Gasteiger partial charge in [0.2, 0.25) is 5.44 Å². The second kappa shape index (κ2) is 5.26. The van der Waals surface area contributed by atoms with Gasteiger partial charge in [0.15, 0.2) is 11.1 Å². The lowest BCUT2D eigenvalue weighted by Gasteiger charge is -2.10. The first-order valence-corrected chi connectivity index (χ1v) is 4.51. The summed E-state index contributed by atoms with van der Waals surface area (Å²) in [5.74, 6) is -0.522. The third-order valence-corrected chi connectivity index (χ3v) is 1.83. The molecule has 0 amide bonds. The molecule has 0 aliphatic carbocycles. The highest BCUT2D eigenvalue weighted by Gasteiger charge is 2.16. The highest BCUT2D eigenvalue weighted by Crippen LogP contribution is 2.05. The van der Waals surface area contributed by atoms with Crippen molar-refractivity contribution in [3.05, 3.63) is 0 Å². The van der Waals surface area contributed by atoms with Crippen LogP contribution in [-0.4, -0.2) is 20.2 Å². The maximum atomic E-state index is 10.5. The van der Waals surface area contributed by atoms with Gasteiger partial charge in [0.1, 0.15) is 0 Å². The fourth-order valence-corrected chi connectivity index (χ4v) is 1.28. The van der Waals surface area contributed by atoms with Crippen molar-refractivity contribution in [2.75, 3.05) is 0 Å². The van der Waals surface area contributed by atoms with Crippen molar-refractivity contribution in [2.24, 2.45) is 0 Å². The van der Waals surface area contributed by atoms with E-state index in [1.807, 2.05) is 6.92 Å². The van der Waals surface area contributed by atoms with Crippen molar-refractivity contribution in [3.63, 3.8) is 0 Å². The number of carbonyl (C=O) groups is 1. The fourth-order valence-electron chi connectivity index (χ4n) is 0.622. The van der Waals surface area contributed by atoms with Crippen LogP contribution in [0.5, 0.6) is 0 Å². The average Bonchev–Trinajstić information content (AvgIpc) is 1.86. The van der Waals surface area contributed by atoms with Crippen molar-refractivity contribution >= 4 is 17.0 Å². The summed E-state index contributed by atoms with van der Waals surface area (Å²) in [5.41, 5.74) is -0.863. The van der Waals surface area contributed by atoms with Gasteiger partial charge in [-0.3, -0.25) is 4.79 Å². The van der Waals surface area contributed by atoms with Crippen LogP contribution in [0.3, 0.4) is 0 Å². The minimum Gasteiger partial charge on any atom is -0.446 e. The number of esters is 1. The minimum atomic E-state index is -2.07. The summed E-state index contributed by atoms with van der Waals surface area (Å²) in [6.45, 7) is 3.07. The van der Waals surface area contributed by atoms with Crippen LogP contribution in [-0.2, 0) is 20.6 Å². The SMILES string of the molecule is CCCC(OC(C)=O)S(=O)O. The van der Waals surface area contributed by atoms with E-state index in [-0.39, 0.29) is 0 Å². The third-order valence-electron chi connectivity index (χ3n) is 1.05. The van der Waals surface area contributed by atoms with Crippen molar-refractivity contribution < 1.29 is 18.3 Å². The summed E-state index contributed by atoms with van der Waals surface area (Å²) in [7, 11) is 0. The minimum absolute atomic E-state index is 0.419. The maximum absolute atomic E-state index is 10.5. The topological polar surface area (TPSA) is 63.6 Å². The summed E-state index contributed by atoms with van der Waals surface area (Å²) in [4.78, 5) is 10.4. The molecule has 0 heterocycles. The van der Waals surface area contributed by atoms with E-state index in [4.69, 9.17) is 4.55 Å². The Hall–Kier alpha value is -0.420. The summed E-state index contributed by atoms with van der Waals surface area (Å²) < 4.78 is 23.6. The Kier molecular flexibility index (Phi) is 5.06. The second-order valence-corrected chi connectivity index (χ2v) is 3.18. The molecule has 0 aromatic heterocycles. The lowest BCUT2D eigenvalue weighted by atomic mass is 10.4. The Balaban J connectivity index is 3.89. The number of carbonyl (C=O) groups excluding carboxylic acids is 1. The number of ether oxygens (including phenoxy) is 1. The average molecular weight is 180 g/mol. The molecule has 5 heteroatoms. The first-order valence-electron chi connectivity index (χ1n) is 3.34. The van der Waals surface area contributed by atoms with Crippen molar-refractivity contribution in [3.8, 4) is 0 Å². The van der Waals surface area contributed by atoms with Crippen molar-refractivity contribution in [2.45, 2.75) is 32.1 Å². The van der Waals surface area contributed by atoms with Crippen LogP contribution in [0.15, 0.2) is 0 Å². The van der Waals surface area contributed by atoms with Gasteiger partial charge in [-0.25, -0.2) is 4.21 Å². The number of hydrogen-bond acceptors (Lipinski definition) is 3. The summed E-state index contributed by atoms with van der Waals surface area (Å²) in [6.07, 6.45) is 1.13. The Labute approximate surface area is 68.2 Å². The van der Waals surface area contributed by atoms with Crippen molar-refractivity contribution in [1.82, 2.24) is 0 Å². The molecule has 0 radical (unpaired) electrons. The lowest BCUT2D eigenvalue weighted by Crippen LogP contribution is -2.20. The number of hydrogen-bond donors (Lipinski definition) is 1.